The molecule has 2 rings (SSSR count). The summed E-state index contributed by atoms with van der Waals surface area (Å²) in [6.07, 6.45) is 2.62. The van der Waals surface area contributed by atoms with E-state index in [1.165, 1.54) is 24.0 Å². The van der Waals surface area contributed by atoms with E-state index in [2.05, 4.69) is 26.0 Å². The second-order valence-electron chi connectivity index (χ2n) is 5.86. The van der Waals surface area contributed by atoms with Crippen molar-refractivity contribution in [2.24, 2.45) is 11.7 Å². The van der Waals surface area contributed by atoms with Gasteiger partial charge in [-0.15, -0.1) is 0 Å². The summed E-state index contributed by atoms with van der Waals surface area (Å²) in [7, 11) is 0. The van der Waals surface area contributed by atoms with Crippen molar-refractivity contribution in [3.8, 4) is 5.75 Å². The van der Waals surface area contributed by atoms with E-state index in [-0.39, 0.29) is 5.54 Å². The SMILES string of the molecule is Cc1ccc(C(C)(C)N)c(OCC2CC2)c1C. The first-order chi connectivity index (χ1) is 7.89. The lowest BCUT2D eigenvalue weighted by molar-refractivity contribution is 0.289. The Hall–Kier alpha value is -1.02. The largest absolute Gasteiger partial charge is 0.493 e. The monoisotopic (exact) mass is 233 g/mol. The highest BCUT2D eigenvalue weighted by Gasteiger charge is 2.25. The highest BCUT2D eigenvalue weighted by Crippen LogP contribution is 2.35. The van der Waals surface area contributed by atoms with E-state index >= 15 is 0 Å². The van der Waals surface area contributed by atoms with Crippen LogP contribution in [0.5, 0.6) is 5.75 Å². The van der Waals surface area contributed by atoms with Gasteiger partial charge < -0.3 is 10.5 Å². The van der Waals surface area contributed by atoms with Gasteiger partial charge in [-0.3, -0.25) is 0 Å². The van der Waals surface area contributed by atoms with Gasteiger partial charge in [-0.25, -0.2) is 0 Å². The summed E-state index contributed by atoms with van der Waals surface area (Å²) in [5.74, 6) is 1.77. The van der Waals surface area contributed by atoms with E-state index in [1.807, 2.05) is 13.8 Å². The minimum absolute atomic E-state index is 0.350. The molecule has 1 fully saturated rings. The quantitative estimate of drug-likeness (QED) is 0.866. The predicted octanol–water partition coefficient (Wildman–Crippen LogP) is 3.29. The summed E-state index contributed by atoms with van der Waals surface area (Å²) >= 11 is 0. The van der Waals surface area contributed by atoms with Gasteiger partial charge >= 0.3 is 0 Å². The van der Waals surface area contributed by atoms with Gasteiger partial charge in [0.05, 0.1) is 6.61 Å². The average Bonchev–Trinajstić information content (AvgIpc) is 3.02. The number of benzene rings is 1. The first-order valence-corrected chi connectivity index (χ1v) is 6.42. The fraction of sp³-hybridized carbons (Fsp3) is 0.600. The lowest BCUT2D eigenvalue weighted by atomic mass is 9.91. The van der Waals surface area contributed by atoms with Crippen LogP contribution in [-0.4, -0.2) is 6.61 Å². The Kier molecular flexibility index (Phi) is 3.17. The Morgan fingerprint density at radius 3 is 2.47 bits per heavy atom. The molecule has 1 aliphatic rings. The molecule has 1 aliphatic carbocycles. The highest BCUT2D eigenvalue weighted by molar-refractivity contribution is 5.48. The van der Waals surface area contributed by atoms with E-state index in [9.17, 15) is 0 Å². The first kappa shape index (κ1) is 12.4. The van der Waals surface area contributed by atoms with Crippen LogP contribution < -0.4 is 10.5 Å². The van der Waals surface area contributed by atoms with Crippen LogP contribution >= 0.6 is 0 Å². The van der Waals surface area contributed by atoms with Crippen molar-refractivity contribution in [3.63, 3.8) is 0 Å². The molecule has 0 saturated heterocycles. The van der Waals surface area contributed by atoms with E-state index in [0.717, 1.165) is 23.8 Å². The average molecular weight is 233 g/mol. The van der Waals surface area contributed by atoms with E-state index < -0.39 is 0 Å². The second-order valence-corrected chi connectivity index (χ2v) is 5.86. The Morgan fingerprint density at radius 1 is 1.29 bits per heavy atom. The Bertz CT molecular complexity index is 414. The minimum Gasteiger partial charge on any atom is -0.493 e. The van der Waals surface area contributed by atoms with Crippen molar-refractivity contribution >= 4 is 0 Å². The van der Waals surface area contributed by atoms with Crippen molar-refractivity contribution in [1.82, 2.24) is 0 Å². The van der Waals surface area contributed by atoms with Gasteiger partial charge in [-0.2, -0.15) is 0 Å². The van der Waals surface area contributed by atoms with Gasteiger partial charge in [0.1, 0.15) is 5.75 Å². The molecule has 0 aromatic heterocycles. The van der Waals surface area contributed by atoms with Crippen LogP contribution in [0.15, 0.2) is 12.1 Å². The molecule has 17 heavy (non-hydrogen) atoms. The fourth-order valence-electron chi connectivity index (χ4n) is 1.97. The number of aryl methyl sites for hydroxylation is 1. The zero-order valence-electron chi connectivity index (χ0n) is 11.3. The van der Waals surface area contributed by atoms with Gasteiger partial charge in [0.2, 0.25) is 0 Å². The number of hydrogen-bond acceptors (Lipinski definition) is 2. The third kappa shape index (κ3) is 2.81. The standard InChI is InChI=1S/C15H23NO/c1-10-5-8-13(15(3,4)16)14(11(10)2)17-9-12-6-7-12/h5,8,12H,6-7,9,16H2,1-4H3. The Balaban J connectivity index is 2.32. The minimum atomic E-state index is -0.350. The van der Waals surface area contributed by atoms with Crippen LogP contribution in [0.2, 0.25) is 0 Å². The summed E-state index contributed by atoms with van der Waals surface area (Å²) in [4.78, 5) is 0. The zero-order valence-corrected chi connectivity index (χ0v) is 11.3. The van der Waals surface area contributed by atoms with Crippen LogP contribution in [0.1, 0.15) is 43.4 Å². The summed E-state index contributed by atoms with van der Waals surface area (Å²) in [5, 5.41) is 0. The molecular weight excluding hydrogens is 210 g/mol. The number of ether oxygens (including phenoxy) is 1. The summed E-state index contributed by atoms with van der Waals surface area (Å²) in [6.45, 7) is 9.13. The molecule has 94 valence electrons. The number of nitrogens with two attached hydrogens (primary N) is 1. The maximum absolute atomic E-state index is 6.22. The Labute approximate surface area is 104 Å². The fourth-order valence-corrected chi connectivity index (χ4v) is 1.97. The molecule has 1 aromatic rings. The second kappa shape index (κ2) is 4.34. The van der Waals surface area contributed by atoms with Gasteiger partial charge in [0, 0.05) is 11.1 Å². The highest BCUT2D eigenvalue weighted by atomic mass is 16.5. The van der Waals surface area contributed by atoms with E-state index in [1.54, 1.807) is 0 Å². The molecule has 2 N–H and O–H groups in total. The first-order valence-electron chi connectivity index (χ1n) is 6.42. The molecule has 0 spiro atoms. The lowest BCUT2D eigenvalue weighted by Gasteiger charge is -2.25. The van der Waals surface area contributed by atoms with Crippen molar-refractivity contribution in [3.05, 3.63) is 28.8 Å². The molecule has 1 saturated carbocycles. The number of hydrogen-bond donors (Lipinski definition) is 1. The maximum atomic E-state index is 6.22. The van der Waals surface area contributed by atoms with Crippen LogP contribution in [0.25, 0.3) is 0 Å². The van der Waals surface area contributed by atoms with Crippen LogP contribution in [0, 0.1) is 19.8 Å². The third-order valence-corrected chi connectivity index (χ3v) is 3.53. The van der Waals surface area contributed by atoms with Crippen LogP contribution in [-0.2, 0) is 5.54 Å². The smallest absolute Gasteiger partial charge is 0.127 e. The molecule has 2 heteroatoms. The predicted molar refractivity (Wildman–Crippen MR) is 71.3 cm³/mol. The van der Waals surface area contributed by atoms with Gasteiger partial charge in [-0.05, 0) is 57.6 Å². The molecule has 0 bridgehead atoms. The summed E-state index contributed by atoms with van der Waals surface area (Å²) in [6, 6.07) is 4.23. The van der Waals surface area contributed by atoms with Crippen molar-refractivity contribution in [2.45, 2.75) is 46.1 Å². The Morgan fingerprint density at radius 2 is 1.94 bits per heavy atom. The van der Waals surface area contributed by atoms with Gasteiger partial charge in [-0.1, -0.05) is 12.1 Å². The molecule has 1 aromatic carbocycles. The topological polar surface area (TPSA) is 35.2 Å². The molecule has 0 aliphatic heterocycles. The van der Waals surface area contributed by atoms with Crippen LogP contribution in [0.3, 0.4) is 0 Å². The molecule has 0 amide bonds. The molecule has 0 atom stereocenters. The molecule has 0 heterocycles. The van der Waals surface area contributed by atoms with E-state index in [4.69, 9.17) is 10.5 Å². The maximum Gasteiger partial charge on any atom is 0.127 e. The van der Waals surface area contributed by atoms with Crippen LogP contribution in [0.4, 0.5) is 0 Å². The summed E-state index contributed by atoms with van der Waals surface area (Å²) < 4.78 is 6.02. The summed E-state index contributed by atoms with van der Waals surface area (Å²) in [5.41, 5.74) is 9.47. The van der Waals surface area contributed by atoms with Crippen molar-refractivity contribution in [1.29, 1.82) is 0 Å². The molecule has 0 unspecified atom stereocenters. The molecular formula is C15H23NO. The molecule has 0 radical (unpaired) electrons. The third-order valence-electron chi connectivity index (χ3n) is 3.53. The zero-order chi connectivity index (χ0) is 12.6. The normalized spacial score (nSPS) is 16.1. The van der Waals surface area contributed by atoms with Crippen molar-refractivity contribution < 1.29 is 4.74 Å². The lowest BCUT2D eigenvalue weighted by Crippen LogP contribution is -2.29. The van der Waals surface area contributed by atoms with Gasteiger partial charge in [0.25, 0.3) is 0 Å². The van der Waals surface area contributed by atoms with E-state index in [0.29, 0.717) is 0 Å². The van der Waals surface area contributed by atoms with Crippen molar-refractivity contribution in [2.75, 3.05) is 6.61 Å². The molecule has 2 nitrogen and oxygen atoms in total. The number of rotatable bonds is 4. The van der Waals surface area contributed by atoms with Gasteiger partial charge in [0.15, 0.2) is 0 Å².